The Hall–Kier alpha value is -1.92. The van der Waals surface area contributed by atoms with Gasteiger partial charge in [0.2, 0.25) is 5.91 Å². The van der Waals surface area contributed by atoms with Gasteiger partial charge in [0.1, 0.15) is 6.54 Å². The largest absolute Gasteiger partial charge is 0.476 e. The van der Waals surface area contributed by atoms with E-state index in [1.165, 1.54) is 23.7 Å². The maximum atomic E-state index is 11.7. The number of rotatable bonds is 5. The van der Waals surface area contributed by atoms with Gasteiger partial charge in [0.15, 0.2) is 5.69 Å². The average molecular weight is 266 g/mol. The third-order valence-corrected chi connectivity index (χ3v) is 3.66. The van der Waals surface area contributed by atoms with Crippen molar-refractivity contribution >= 4 is 11.9 Å². The van der Waals surface area contributed by atoms with E-state index in [2.05, 4.69) is 22.6 Å². The van der Waals surface area contributed by atoms with Crippen LogP contribution in [0, 0.1) is 11.8 Å². The number of carboxylic acid groups (broad SMARTS) is 1. The van der Waals surface area contributed by atoms with Gasteiger partial charge >= 0.3 is 5.97 Å². The summed E-state index contributed by atoms with van der Waals surface area (Å²) in [7, 11) is 0. The highest BCUT2D eigenvalue weighted by atomic mass is 16.4. The molecule has 1 fully saturated rings. The summed E-state index contributed by atoms with van der Waals surface area (Å²) >= 11 is 0. The number of carbonyl (C=O) groups is 2. The van der Waals surface area contributed by atoms with Crippen LogP contribution >= 0.6 is 0 Å². The number of hydrogen-bond acceptors (Lipinski definition) is 4. The summed E-state index contributed by atoms with van der Waals surface area (Å²) in [6.45, 7) is 2.89. The summed E-state index contributed by atoms with van der Waals surface area (Å²) in [6.07, 6.45) is 4.87. The fraction of sp³-hybridized carbons (Fsp3) is 0.667. The van der Waals surface area contributed by atoms with Gasteiger partial charge < -0.3 is 10.4 Å². The van der Waals surface area contributed by atoms with Crippen molar-refractivity contribution in [3.63, 3.8) is 0 Å². The molecule has 2 unspecified atom stereocenters. The predicted molar refractivity (Wildman–Crippen MR) is 66.5 cm³/mol. The maximum Gasteiger partial charge on any atom is 0.358 e. The number of aromatic carboxylic acids is 1. The van der Waals surface area contributed by atoms with Crippen molar-refractivity contribution in [3.8, 4) is 0 Å². The van der Waals surface area contributed by atoms with Crippen LogP contribution in [-0.4, -0.2) is 38.5 Å². The maximum absolute atomic E-state index is 11.7. The van der Waals surface area contributed by atoms with Crippen molar-refractivity contribution in [2.45, 2.75) is 32.7 Å². The minimum Gasteiger partial charge on any atom is -0.476 e. The highest BCUT2D eigenvalue weighted by Gasteiger charge is 2.23. The first kappa shape index (κ1) is 13.5. The lowest BCUT2D eigenvalue weighted by atomic mass is 9.98. The summed E-state index contributed by atoms with van der Waals surface area (Å²) in [6, 6.07) is 0. The number of nitrogens with zero attached hydrogens (tertiary/aromatic N) is 3. The molecule has 2 atom stereocenters. The topological polar surface area (TPSA) is 97.1 Å². The van der Waals surface area contributed by atoms with Gasteiger partial charge in [0, 0.05) is 6.54 Å². The second-order valence-electron chi connectivity index (χ2n) is 5.08. The van der Waals surface area contributed by atoms with Crippen molar-refractivity contribution in [3.05, 3.63) is 11.9 Å². The van der Waals surface area contributed by atoms with Crippen LogP contribution in [-0.2, 0) is 11.3 Å². The average Bonchev–Trinajstić information content (AvgIpc) is 2.96. The van der Waals surface area contributed by atoms with Gasteiger partial charge in [0.05, 0.1) is 6.20 Å². The van der Waals surface area contributed by atoms with Gasteiger partial charge in [-0.15, -0.1) is 5.10 Å². The molecule has 19 heavy (non-hydrogen) atoms. The molecule has 1 aromatic heterocycles. The van der Waals surface area contributed by atoms with Crippen LogP contribution < -0.4 is 5.32 Å². The molecule has 104 valence electrons. The van der Waals surface area contributed by atoms with Crippen molar-refractivity contribution in [2.24, 2.45) is 11.8 Å². The van der Waals surface area contributed by atoms with Crippen LogP contribution in [0.3, 0.4) is 0 Å². The Kier molecular flexibility index (Phi) is 4.13. The van der Waals surface area contributed by atoms with Crippen molar-refractivity contribution in [1.29, 1.82) is 0 Å². The molecule has 1 amide bonds. The Labute approximate surface area is 111 Å². The lowest BCUT2D eigenvalue weighted by Gasteiger charge is -2.15. The molecule has 0 bridgehead atoms. The molecule has 1 aliphatic rings. The van der Waals surface area contributed by atoms with E-state index in [1.54, 1.807) is 0 Å². The summed E-state index contributed by atoms with van der Waals surface area (Å²) in [5.41, 5.74) is -0.155. The van der Waals surface area contributed by atoms with Gasteiger partial charge in [-0.05, 0) is 18.3 Å². The standard InChI is InChI=1S/C12H18N4O3/c1-8-3-2-4-9(8)5-13-11(17)7-16-6-10(12(18)19)14-15-16/h6,8-9H,2-5,7H2,1H3,(H,13,17)(H,18,19). The molecule has 0 radical (unpaired) electrons. The summed E-state index contributed by atoms with van der Waals surface area (Å²) in [5, 5.41) is 18.6. The second kappa shape index (κ2) is 5.81. The van der Waals surface area contributed by atoms with Crippen LogP contribution in [0.5, 0.6) is 0 Å². The summed E-state index contributed by atoms with van der Waals surface area (Å²) in [4.78, 5) is 22.3. The Bertz CT molecular complexity index is 471. The van der Waals surface area contributed by atoms with E-state index in [4.69, 9.17) is 5.11 Å². The quantitative estimate of drug-likeness (QED) is 0.810. The lowest BCUT2D eigenvalue weighted by molar-refractivity contribution is -0.122. The van der Waals surface area contributed by atoms with E-state index < -0.39 is 5.97 Å². The van der Waals surface area contributed by atoms with E-state index in [-0.39, 0.29) is 18.1 Å². The highest BCUT2D eigenvalue weighted by Crippen LogP contribution is 2.30. The van der Waals surface area contributed by atoms with E-state index >= 15 is 0 Å². The molecule has 0 spiro atoms. The minimum absolute atomic E-state index is 0.00137. The molecule has 1 saturated carbocycles. The van der Waals surface area contributed by atoms with Crippen molar-refractivity contribution in [1.82, 2.24) is 20.3 Å². The zero-order valence-corrected chi connectivity index (χ0v) is 10.9. The molecule has 7 heteroatoms. The fourth-order valence-electron chi connectivity index (χ4n) is 2.45. The molecule has 1 aliphatic carbocycles. The van der Waals surface area contributed by atoms with Crippen LogP contribution in [0.2, 0.25) is 0 Å². The Morgan fingerprint density at radius 3 is 2.89 bits per heavy atom. The van der Waals surface area contributed by atoms with Crippen LogP contribution in [0.25, 0.3) is 0 Å². The zero-order valence-electron chi connectivity index (χ0n) is 10.9. The first-order valence-corrected chi connectivity index (χ1v) is 6.46. The smallest absolute Gasteiger partial charge is 0.358 e. The predicted octanol–water partition coefficient (Wildman–Crippen LogP) is 0.529. The molecule has 1 heterocycles. The number of carbonyl (C=O) groups excluding carboxylic acids is 1. The zero-order chi connectivity index (χ0) is 13.8. The monoisotopic (exact) mass is 266 g/mol. The number of amides is 1. The first-order valence-electron chi connectivity index (χ1n) is 6.46. The third kappa shape index (κ3) is 3.52. The van der Waals surface area contributed by atoms with Gasteiger partial charge in [-0.1, -0.05) is 25.0 Å². The second-order valence-corrected chi connectivity index (χ2v) is 5.08. The number of carboxylic acids is 1. The Morgan fingerprint density at radius 2 is 2.32 bits per heavy atom. The third-order valence-electron chi connectivity index (χ3n) is 3.66. The Balaban J connectivity index is 1.78. The normalized spacial score (nSPS) is 22.4. The number of nitrogens with one attached hydrogen (secondary N) is 1. The SMILES string of the molecule is CC1CCCC1CNC(=O)Cn1cc(C(=O)O)nn1. The lowest BCUT2D eigenvalue weighted by Crippen LogP contribution is -2.33. The van der Waals surface area contributed by atoms with E-state index in [0.717, 1.165) is 6.42 Å². The molecule has 0 aliphatic heterocycles. The highest BCUT2D eigenvalue weighted by molar-refractivity contribution is 5.84. The molecular formula is C12H18N4O3. The fourth-order valence-corrected chi connectivity index (χ4v) is 2.45. The summed E-state index contributed by atoms with van der Waals surface area (Å²) in [5.74, 6) is -0.105. The van der Waals surface area contributed by atoms with Gasteiger partial charge in [-0.25, -0.2) is 9.48 Å². The summed E-state index contributed by atoms with van der Waals surface area (Å²) < 4.78 is 1.23. The molecule has 0 aromatic carbocycles. The molecule has 2 rings (SSSR count). The van der Waals surface area contributed by atoms with E-state index in [0.29, 0.717) is 18.4 Å². The molecule has 0 saturated heterocycles. The molecular weight excluding hydrogens is 248 g/mol. The van der Waals surface area contributed by atoms with Crippen LogP contribution in [0.4, 0.5) is 0 Å². The van der Waals surface area contributed by atoms with E-state index in [9.17, 15) is 9.59 Å². The molecule has 7 nitrogen and oxygen atoms in total. The van der Waals surface area contributed by atoms with Crippen molar-refractivity contribution in [2.75, 3.05) is 6.54 Å². The first-order chi connectivity index (χ1) is 9.06. The van der Waals surface area contributed by atoms with Crippen molar-refractivity contribution < 1.29 is 14.7 Å². The molecule has 2 N–H and O–H groups in total. The molecule has 1 aromatic rings. The van der Waals surface area contributed by atoms with Gasteiger partial charge in [-0.2, -0.15) is 0 Å². The van der Waals surface area contributed by atoms with Crippen LogP contribution in [0.15, 0.2) is 6.20 Å². The minimum atomic E-state index is -1.15. The van der Waals surface area contributed by atoms with Crippen LogP contribution in [0.1, 0.15) is 36.7 Å². The van der Waals surface area contributed by atoms with E-state index in [1.807, 2.05) is 0 Å². The van der Waals surface area contributed by atoms with Gasteiger partial charge in [-0.3, -0.25) is 4.79 Å². The number of aromatic nitrogens is 3. The number of hydrogen-bond donors (Lipinski definition) is 2. The Morgan fingerprint density at radius 1 is 1.53 bits per heavy atom. The van der Waals surface area contributed by atoms with Gasteiger partial charge in [0.25, 0.3) is 0 Å².